The third-order valence-electron chi connectivity index (χ3n) is 2.79. The van der Waals surface area contributed by atoms with E-state index in [1.165, 1.54) is 0 Å². The van der Waals surface area contributed by atoms with Crippen LogP contribution in [-0.2, 0) is 24.7 Å². The average molecular weight is 353 g/mol. The Morgan fingerprint density at radius 3 is 2.32 bits per heavy atom. The molecule has 0 saturated carbocycles. The standard InChI is InChI=1S/C12H16FNO6S2/c1-3-4-10(12(15)16)14-22(19,20)8-5-6-11(9(13)7-8)21(2,17)18/h5-7,10,14H,3-4H2,1-2H3,(H,15,16). The Hall–Kier alpha value is -1.52. The van der Waals surface area contributed by atoms with E-state index in [9.17, 15) is 26.0 Å². The summed E-state index contributed by atoms with van der Waals surface area (Å²) >= 11 is 0. The van der Waals surface area contributed by atoms with Crippen molar-refractivity contribution >= 4 is 25.8 Å². The van der Waals surface area contributed by atoms with Crippen LogP contribution < -0.4 is 4.72 Å². The van der Waals surface area contributed by atoms with E-state index in [1.807, 2.05) is 4.72 Å². The summed E-state index contributed by atoms with van der Waals surface area (Å²) in [5.74, 6) is -2.56. The average Bonchev–Trinajstić information content (AvgIpc) is 2.36. The third kappa shape index (κ3) is 4.49. The lowest BCUT2D eigenvalue weighted by molar-refractivity contribution is -0.139. The van der Waals surface area contributed by atoms with E-state index in [0.717, 1.165) is 18.4 Å². The fourth-order valence-electron chi connectivity index (χ4n) is 1.73. The fraction of sp³-hybridized carbons (Fsp3) is 0.417. The Bertz CT molecular complexity index is 773. The van der Waals surface area contributed by atoms with E-state index >= 15 is 0 Å². The number of rotatable bonds is 7. The van der Waals surface area contributed by atoms with Crippen LogP contribution in [0.1, 0.15) is 19.8 Å². The third-order valence-corrected chi connectivity index (χ3v) is 5.39. The van der Waals surface area contributed by atoms with Crippen LogP contribution in [-0.4, -0.2) is 40.2 Å². The van der Waals surface area contributed by atoms with Gasteiger partial charge in [0.05, 0.1) is 4.90 Å². The highest BCUT2D eigenvalue weighted by molar-refractivity contribution is 7.90. The Morgan fingerprint density at radius 1 is 1.32 bits per heavy atom. The van der Waals surface area contributed by atoms with Crippen molar-refractivity contribution in [3.05, 3.63) is 24.0 Å². The van der Waals surface area contributed by atoms with E-state index < -0.39 is 47.5 Å². The predicted molar refractivity (Wildman–Crippen MR) is 76.2 cm³/mol. The van der Waals surface area contributed by atoms with Crippen LogP contribution in [0.5, 0.6) is 0 Å². The van der Waals surface area contributed by atoms with Gasteiger partial charge in [0.25, 0.3) is 0 Å². The first kappa shape index (κ1) is 18.5. The Kier molecular flexibility index (Phi) is 5.65. The zero-order valence-corrected chi connectivity index (χ0v) is 13.5. The molecule has 0 aliphatic heterocycles. The van der Waals surface area contributed by atoms with Gasteiger partial charge < -0.3 is 5.11 Å². The molecular weight excluding hydrogens is 337 g/mol. The van der Waals surface area contributed by atoms with Crippen LogP contribution in [0.25, 0.3) is 0 Å². The lowest BCUT2D eigenvalue weighted by Gasteiger charge is -2.14. The number of carboxylic acid groups (broad SMARTS) is 1. The van der Waals surface area contributed by atoms with E-state index in [-0.39, 0.29) is 6.42 Å². The molecule has 0 aliphatic carbocycles. The van der Waals surface area contributed by atoms with Crippen molar-refractivity contribution in [2.45, 2.75) is 35.6 Å². The summed E-state index contributed by atoms with van der Waals surface area (Å²) in [4.78, 5) is 9.80. The van der Waals surface area contributed by atoms with Crippen molar-refractivity contribution in [3.8, 4) is 0 Å². The van der Waals surface area contributed by atoms with Gasteiger partial charge in [-0.1, -0.05) is 13.3 Å². The Balaban J connectivity index is 3.19. The summed E-state index contributed by atoms with van der Waals surface area (Å²) in [7, 11) is -8.10. The maximum atomic E-state index is 13.7. The summed E-state index contributed by atoms with van der Waals surface area (Å²) in [6, 6.07) is 0.943. The molecule has 0 radical (unpaired) electrons. The molecule has 0 fully saturated rings. The van der Waals surface area contributed by atoms with Crippen LogP contribution in [0.2, 0.25) is 0 Å². The van der Waals surface area contributed by atoms with Gasteiger partial charge in [-0.05, 0) is 24.6 Å². The zero-order chi connectivity index (χ0) is 17.1. The molecule has 1 aromatic carbocycles. The molecule has 124 valence electrons. The Morgan fingerprint density at radius 2 is 1.91 bits per heavy atom. The second-order valence-electron chi connectivity index (χ2n) is 4.67. The van der Waals surface area contributed by atoms with Gasteiger partial charge in [0.1, 0.15) is 16.8 Å². The highest BCUT2D eigenvalue weighted by Crippen LogP contribution is 2.19. The number of sulfone groups is 1. The van der Waals surface area contributed by atoms with Gasteiger partial charge in [-0.3, -0.25) is 4.79 Å². The molecule has 1 atom stereocenters. The molecule has 0 bridgehead atoms. The highest BCUT2D eigenvalue weighted by atomic mass is 32.2. The number of hydrogen-bond donors (Lipinski definition) is 2. The SMILES string of the molecule is CCCC(NS(=O)(=O)c1ccc(S(C)(=O)=O)c(F)c1)C(=O)O. The van der Waals surface area contributed by atoms with Crippen LogP contribution >= 0.6 is 0 Å². The van der Waals surface area contributed by atoms with Gasteiger partial charge in [-0.2, -0.15) is 4.72 Å². The van der Waals surface area contributed by atoms with Crippen LogP contribution in [0.4, 0.5) is 4.39 Å². The number of hydrogen-bond acceptors (Lipinski definition) is 5. The molecule has 10 heteroatoms. The molecule has 0 aromatic heterocycles. The summed E-state index contributed by atoms with van der Waals surface area (Å²) < 4.78 is 62.3. The van der Waals surface area contributed by atoms with Crippen LogP contribution in [0.15, 0.2) is 28.0 Å². The largest absolute Gasteiger partial charge is 0.480 e. The van der Waals surface area contributed by atoms with Crippen molar-refractivity contribution in [1.82, 2.24) is 4.72 Å². The van der Waals surface area contributed by atoms with Crippen molar-refractivity contribution < 1.29 is 31.1 Å². The van der Waals surface area contributed by atoms with E-state index in [2.05, 4.69) is 0 Å². The number of benzene rings is 1. The van der Waals surface area contributed by atoms with Crippen LogP contribution in [0, 0.1) is 5.82 Å². The number of halogens is 1. The number of carboxylic acids is 1. The maximum Gasteiger partial charge on any atom is 0.321 e. The predicted octanol–water partition coefficient (Wildman–Crippen LogP) is 0.761. The monoisotopic (exact) mass is 353 g/mol. The normalized spacial score (nSPS) is 13.8. The molecular formula is C12H16FNO6S2. The van der Waals surface area contributed by atoms with Gasteiger partial charge in [0.15, 0.2) is 9.84 Å². The van der Waals surface area contributed by atoms with E-state index in [1.54, 1.807) is 6.92 Å². The maximum absolute atomic E-state index is 13.7. The first-order valence-corrected chi connectivity index (χ1v) is 9.61. The first-order valence-electron chi connectivity index (χ1n) is 6.23. The molecule has 22 heavy (non-hydrogen) atoms. The van der Waals surface area contributed by atoms with Gasteiger partial charge in [-0.25, -0.2) is 21.2 Å². The number of sulfonamides is 1. The molecule has 0 amide bonds. The molecule has 1 unspecified atom stereocenters. The molecule has 0 spiro atoms. The summed E-state index contributed by atoms with van der Waals surface area (Å²) in [5.41, 5.74) is 0. The molecule has 0 aliphatic rings. The van der Waals surface area contributed by atoms with Crippen LogP contribution in [0.3, 0.4) is 0 Å². The second kappa shape index (κ2) is 6.71. The minimum atomic E-state index is -4.28. The highest BCUT2D eigenvalue weighted by Gasteiger charge is 2.26. The summed E-state index contributed by atoms with van der Waals surface area (Å²) in [6.07, 6.45) is 1.29. The molecule has 7 nitrogen and oxygen atoms in total. The Labute approximate surface area is 128 Å². The topological polar surface area (TPSA) is 118 Å². The summed E-state index contributed by atoms with van der Waals surface area (Å²) in [6.45, 7) is 1.69. The minimum absolute atomic E-state index is 0.0679. The molecule has 0 heterocycles. The fourth-order valence-corrected chi connectivity index (χ4v) is 3.69. The van der Waals surface area contributed by atoms with Crippen molar-refractivity contribution in [2.75, 3.05) is 6.26 Å². The zero-order valence-electron chi connectivity index (χ0n) is 11.9. The van der Waals surface area contributed by atoms with E-state index in [4.69, 9.17) is 5.11 Å². The minimum Gasteiger partial charge on any atom is -0.480 e. The number of nitrogens with one attached hydrogen (secondary N) is 1. The van der Waals surface area contributed by atoms with Gasteiger partial charge in [0.2, 0.25) is 10.0 Å². The lowest BCUT2D eigenvalue weighted by atomic mass is 10.2. The second-order valence-corrected chi connectivity index (χ2v) is 8.36. The molecule has 1 rings (SSSR count). The first-order chi connectivity index (χ1) is 9.99. The van der Waals surface area contributed by atoms with Crippen molar-refractivity contribution in [3.63, 3.8) is 0 Å². The van der Waals surface area contributed by atoms with E-state index in [0.29, 0.717) is 12.5 Å². The lowest BCUT2D eigenvalue weighted by Crippen LogP contribution is -2.40. The van der Waals surface area contributed by atoms with Gasteiger partial charge >= 0.3 is 5.97 Å². The molecule has 0 saturated heterocycles. The summed E-state index contributed by atoms with van der Waals surface area (Å²) in [5, 5.41) is 8.94. The van der Waals surface area contributed by atoms with Crippen molar-refractivity contribution in [2.24, 2.45) is 0 Å². The van der Waals surface area contributed by atoms with Gasteiger partial charge in [-0.15, -0.1) is 0 Å². The molecule has 1 aromatic rings. The quantitative estimate of drug-likeness (QED) is 0.747. The van der Waals surface area contributed by atoms with Crippen molar-refractivity contribution in [1.29, 1.82) is 0 Å². The number of carbonyl (C=O) groups is 1. The molecule has 2 N–H and O–H groups in total. The van der Waals surface area contributed by atoms with Gasteiger partial charge in [0, 0.05) is 6.26 Å². The number of aliphatic carboxylic acids is 1. The smallest absolute Gasteiger partial charge is 0.321 e.